The van der Waals surface area contributed by atoms with Crippen LogP contribution in [0.5, 0.6) is 0 Å². The van der Waals surface area contributed by atoms with Gasteiger partial charge in [-0.3, -0.25) is 14.1 Å². The Bertz CT molecular complexity index is 990. The van der Waals surface area contributed by atoms with Gasteiger partial charge in [0.05, 0.1) is 6.61 Å². The highest BCUT2D eigenvalue weighted by molar-refractivity contribution is 8.07. The van der Waals surface area contributed by atoms with Crippen molar-refractivity contribution in [2.75, 3.05) is 13.2 Å². The lowest BCUT2D eigenvalue weighted by molar-refractivity contribution is -0.218. The number of unbranched alkanes of at least 4 members (excludes halogenated alkanes) is 24. The summed E-state index contributed by atoms with van der Waals surface area (Å²) in [5.41, 5.74) is 0. The summed E-state index contributed by atoms with van der Waals surface area (Å²) in [4.78, 5) is 36.0. The maximum Gasteiger partial charge on any atom is 0.325 e. The number of ether oxygens (including phenoxy) is 2. The fraction of sp³-hybridized carbons (Fsp3) is 0.951. The van der Waals surface area contributed by atoms with E-state index in [0.717, 1.165) is 38.5 Å². The fourth-order valence-corrected chi connectivity index (χ4v) is 8.33. The van der Waals surface area contributed by atoms with Crippen LogP contribution >= 0.6 is 6.72 Å². The zero-order chi connectivity index (χ0) is 40.7. The molecule has 14 heteroatoms. The van der Waals surface area contributed by atoms with Crippen molar-refractivity contribution in [3.05, 3.63) is 0 Å². The first kappa shape index (κ1) is 52.3. The van der Waals surface area contributed by atoms with E-state index in [1.165, 1.54) is 116 Å². The SMILES string of the molecule is CCCCCCCCCCCCCCCC(=O)OC[C@@H](COP(O)(=S)OC1[C@H](O)[C@H](O)C(O)[C@H](O)[C@H]1O)OC(=O)CCCCCCCCCCCCCCC. The molecule has 1 aliphatic rings. The molecule has 1 aliphatic carbocycles. The lowest BCUT2D eigenvalue weighted by Gasteiger charge is -2.42. The van der Waals surface area contributed by atoms with E-state index in [9.17, 15) is 40.0 Å². The number of aliphatic hydroxyl groups excluding tert-OH is 5. The smallest absolute Gasteiger partial charge is 0.325 e. The third kappa shape index (κ3) is 26.1. The first-order valence-electron chi connectivity index (χ1n) is 21.8. The Kier molecular flexibility index (Phi) is 31.5. The zero-order valence-electron chi connectivity index (χ0n) is 34.2. The van der Waals surface area contributed by atoms with E-state index in [1.54, 1.807) is 0 Å². The highest BCUT2D eigenvalue weighted by Crippen LogP contribution is 2.47. The van der Waals surface area contributed by atoms with Crippen LogP contribution in [0.25, 0.3) is 0 Å². The van der Waals surface area contributed by atoms with Gasteiger partial charge in [-0.05, 0) is 24.6 Å². The van der Waals surface area contributed by atoms with Gasteiger partial charge in [-0.1, -0.05) is 168 Å². The average Bonchev–Trinajstić information content (AvgIpc) is 3.16. The van der Waals surface area contributed by atoms with E-state index < -0.39 is 68.0 Å². The lowest BCUT2D eigenvalue weighted by atomic mass is 9.85. The Morgan fingerprint density at radius 2 is 0.836 bits per heavy atom. The Hall–Kier alpha value is -0.730. The number of carbonyl (C=O) groups excluding carboxylic acids is 2. The molecule has 6 N–H and O–H groups in total. The molecule has 55 heavy (non-hydrogen) atoms. The molecular formula is C41H79O12PS. The Morgan fingerprint density at radius 3 is 1.22 bits per heavy atom. The van der Waals surface area contributed by atoms with Gasteiger partial charge in [0.15, 0.2) is 6.10 Å². The van der Waals surface area contributed by atoms with Crippen LogP contribution in [-0.4, -0.2) is 98.3 Å². The molecule has 1 fully saturated rings. The molecule has 0 aromatic heterocycles. The number of esters is 2. The monoisotopic (exact) mass is 827 g/mol. The fourth-order valence-electron chi connectivity index (χ4n) is 6.88. The largest absolute Gasteiger partial charge is 0.462 e. The molecule has 8 atom stereocenters. The van der Waals surface area contributed by atoms with Gasteiger partial charge in [0.1, 0.15) is 43.2 Å². The van der Waals surface area contributed by atoms with E-state index in [1.807, 2.05) is 0 Å². The molecule has 0 aromatic rings. The van der Waals surface area contributed by atoms with Gasteiger partial charge in [-0.15, -0.1) is 0 Å². The summed E-state index contributed by atoms with van der Waals surface area (Å²) in [6.45, 7) is -0.662. The summed E-state index contributed by atoms with van der Waals surface area (Å²) in [6.07, 6.45) is 18.7. The number of rotatable bonds is 36. The van der Waals surface area contributed by atoms with Crippen molar-refractivity contribution >= 4 is 30.5 Å². The maximum absolute atomic E-state index is 12.8. The lowest BCUT2D eigenvalue weighted by Crippen LogP contribution is -2.64. The molecule has 0 amide bonds. The van der Waals surface area contributed by atoms with E-state index in [2.05, 4.69) is 13.8 Å². The third-order valence-electron chi connectivity index (χ3n) is 10.4. The van der Waals surface area contributed by atoms with Gasteiger partial charge in [0, 0.05) is 12.8 Å². The topological polar surface area (TPSA) is 192 Å². The average molecular weight is 827 g/mol. The number of hydrogen-bond acceptors (Lipinski definition) is 12. The maximum atomic E-state index is 12.8. The van der Waals surface area contributed by atoms with Crippen LogP contribution in [0, 0.1) is 0 Å². The van der Waals surface area contributed by atoms with E-state index >= 15 is 0 Å². The summed E-state index contributed by atoms with van der Waals surface area (Å²) in [5.74, 6) is -0.968. The Labute approximate surface area is 337 Å². The minimum atomic E-state index is -4.27. The van der Waals surface area contributed by atoms with Crippen molar-refractivity contribution in [1.82, 2.24) is 0 Å². The standard InChI is InChI=1S/C41H79O12PS/c1-3-5-7-9-11-13-15-17-19-21-23-25-27-29-34(42)50-31-33(32-51-54(49,55)53-41-39(47)37(45)36(44)38(46)40(41)48)52-35(43)30-28-26-24-22-20-18-16-14-12-10-8-6-4-2/h33,36-41,44-48H,3-32H2,1-2H3,(H,49,55)/t33-,36?,37-,38+,39+,40+,41?,54?/m0/s1. The van der Waals surface area contributed by atoms with Crippen molar-refractivity contribution in [1.29, 1.82) is 0 Å². The third-order valence-corrected chi connectivity index (χ3v) is 12.0. The molecule has 3 unspecified atom stereocenters. The van der Waals surface area contributed by atoms with Crippen molar-refractivity contribution in [2.45, 2.75) is 236 Å². The molecule has 0 aliphatic heterocycles. The predicted octanol–water partition coefficient (Wildman–Crippen LogP) is 7.84. The van der Waals surface area contributed by atoms with Crippen molar-refractivity contribution in [2.24, 2.45) is 0 Å². The van der Waals surface area contributed by atoms with Crippen molar-refractivity contribution < 1.29 is 58.5 Å². The number of aliphatic hydroxyl groups is 5. The van der Waals surface area contributed by atoms with Gasteiger partial charge in [0.2, 0.25) is 0 Å². The Balaban J connectivity index is 2.48. The van der Waals surface area contributed by atoms with Crippen LogP contribution in [0.4, 0.5) is 0 Å². The van der Waals surface area contributed by atoms with Crippen molar-refractivity contribution in [3.8, 4) is 0 Å². The number of carbonyl (C=O) groups is 2. The first-order chi connectivity index (χ1) is 26.4. The van der Waals surface area contributed by atoms with Gasteiger partial charge < -0.3 is 44.4 Å². The Morgan fingerprint density at radius 1 is 0.509 bits per heavy atom. The molecule has 1 rings (SSSR count). The minimum absolute atomic E-state index is 0.156. The van der Waals surface area contributed by atoms with Crippen LogP contribution < -0.4 is 0 Å². The second-order valence-electron chi connectivity index (χ2n) is 15.6. The highest BCUT2D eigenvalue weighted by atomic mass is 32.5. The van der Waals surface area contributed by atoms with Crippen LogP contribution in [0.1, 0.15) is 194 Å². The van der Waals surface area contributed by atoms with E-state index in [-0.39, 0.29) is 19.4 Å². The summed E-state index contributed by atoms with van der Waals surface area (Å²) in [6, 6.07) is 0. The molecule has 0 saturated heterocycles. The minimum Gasteiger partial charge on any atom is -0.462 e. The molecule has 1 saturated carbocycles. The first-order valence-corrected chi connectivity index (χ1v) is 24.4. The van der Waals surface area contributed by atoms with Crippen LogP contribution in [0.3, 0.4) is 0 Å². The number of hydrogen-bond donors (Lipinski definition) is 6. The van der Waals surface area contributed by atoms with E-state index in [4.69, 9.17) is 30.3 Å². The predicted molar refractivity (Wildman–Crippen MR) is 219 cm³/mol. The second kappa shape index (κ2) is 33.1. The molecule has 12 nitrogen and oxygen atoms in total. The van der Waals surface area contributed by atoms with Crippen LogP contribution in [0.2, 0.25) is 0 Å². The summed E-state index contributed by atoms with van der Waals surface area (Å²) in [5, 5.41) is 50.4. The molecule has 0 bridgehead atoms. The molecule has 0 aromatic carbocycles. The quantitative estimate of drug-likeness (QED) is 0.0204. The van der Waals surface area contributed by atoms with Gasteiger partial charge >= 0.3 is 18.7 Å². The molecule has 0 heterocycles. The zero-order valence-corrected chi connectivity index (χ0v) is 36.0. The normalized spacial score (nSPS) is 23.0. The van der Waals surface area contributed by atoms with Crippen LogP contribution in [0.15, 0.2) is 0 Å². The van der Waals surface area contributed by atoms with Crippen molar-refractivity contribution in [3.63, 3.8) is 0 Å². The van der Waals surface area contributed by atoms with E-state index in [0.29, 0.717) is 12.8 Å². The molecule has 326 valence electrons. The summed E-state index contributed by atoms with van der Waals surface area (Å²) < 4.78 is 21.6. The van der Waals surface area contributed by atoms with Gasteiger partial charge in [-0.25, -0.2) is 0 Å². The summed E-state index contributed by atoms with van der Waals surface area (Å²) >= 11 is 5.04. The van der Waals surface area contributed by atoms with Gasteiger partial charge in [-0.2, -0.15) is 0 Å². The second-order valence-corrected chi connectivity index (χ2v) is 18.4. The molecule has 0 radical (unpaired) electrons. The molecular weight excluding hydrogens is 747 g/mol. The molecule has 0 spiro atoms. The highest BCUT2D eigenvalue weighted by Gasteiger charge is 2.50. The summed E-state index contributed by atoms with van der Waals surface area (Å²) in [7, 11) is 0. The van der Waals surface area contributed by atoms with Gasteiger partial charge in [0.25, 0.3) is 0 Å². The van der Waals surface area contributed by atoms with Crippen LogP contribution in [-0.2, 0) is 39.9 Å².